The molecule has 0 unspecified atom stereocenters. The average Bonchev–Trinajstić information content (AvgIpc) is 3.22. The molecule has 2 aliphatic rings. The molecule has 0 spiro atoms. The van der Waals surface area contributed by atoms with Crippen LogP contribution in [0.1, 0.15) is 30.9 Å². The number of hydrogen-bond donors (Lipinski definition) is 2. The van der Waals surface area contributed by atoms with E-state index in [4.69, 9.17) is 14.2 Å². The van der Waals surface area contributed by atoms with Gasteiger partial charge in [-0.15, -0.1) is 0 Å². The van der Waals surface area contributed by atoms with Crippen LogP contribution in [0.4, 0.5) is 5.69 Å². The van der Waals surface area contributed by atoms with Gasteiger partial charge in [0.1, 0.15) is 0 Å². The summed E-state index contributed by atoms with van der Waals surface area (Å²) in [5.41, 5.74) is 2.56. The minimum Gasteiger partial charge on any atom is -0.454 e. The molecule has 0 aliphatic carbocycles. The highest BCUT2D eigenvalue weighted by molar-refractivity contribution is 5.88. The van der Waals surface area contributed by atoms with Crippen LogP contribution >= 0.6 is 0 Å². The lowest BCUT2D eigenvalue weighted by atomic mass is 9.74. The molecule has 4 rings (SSSR count). The Balaban J connectivity index is 1.41. The van der Waals surface area contributed by atoms with Crippen molar-refractivity contribution in [3.05, 3.63) is 53.6 Å². The van der Waals surface area contributed by atoms with E-state index >= 15 is 0 Å². The fourth-order valence-electron chi connectivity index (χ4n) is 3.98. The average molecular weight is 410 g/mol. The Labute approximate surface area is 175 Å². The summed E-state index contributed by atoms with van der Waals surface area (Å²) >= 11 is 0. The molecular weight excluding hydrogens is 384 g/mol. The first-order valence-corrected chi connectivity index (χ1v) is 10.2. The zero-order chi connectivity index (χ0) is 21.0. The highest BCUT2D eigenvalue weighted by Crippen LogP contribution is 2.40. The van der Waals surface area contributed by atoms with E-state index in [1.54, 1.807) is 12.1 Å². The summed E-state index contributed by atoms with van der Waals surface area (Å²) in [6.07, 6.45) is 1.95. The number of anilines is 1. The Morgan fingerprint density at radius 1 is 1.00 bits per heavy atom. The lowest BCUT2D eigenvalue weighted by Gasteiger charge is -2.38. The molecule has 0 atom stereocenters. The van der Waals surface area contributed by atoms with Crippen molar-refractivity contribution in [2.24, 2.45) is 0 Å². The second-order valence-electron chi connectivity index (χ2n) is 7.79. The third-order valence-electron chi connectivity index (χ3n) is 5.70. The number of hydrogen-bond acceptors (Lipinski definition) is 5. The Bertz CT molecular complexity index is 920. The van der Waals surface area contributed by atoms with Gasteiger partial charge in [-0.3, -0.25) is 9.59 Å². The van der Waals surface area contributed by atoms with E-state index < -0.39 is 0 Å². The number of carbonyl (C=O) groups excluding carboxylic acids is 2. The minimum atomic E-state index is -0.190. The second kappa shape index (κ2) is 8.75. The third kappa shape index (κ3) is 4.57. The van der Waals surface area contributed by atoms with Crippen LogP contribution in [0.2, 0.25) is 0 Å². The maximum Gasteiger partial charge on any atom is 0.231 e. The van der Waals surface area contributed by atoms with Crippen LogP contribution in [-0.4, -0.2) is 38.4 Å². The van der Waals surface area contributed by atoms with E-state index in [1.165, 1.54) is 6.92 Å². The van der Waals surface area contributed by atoms with Crippen LogP contribution in [0.25, 0.3) is 0 Å². The van der Waals surface area contributed by atoms with Crippen molar-refractivity contribution in [2.45, 2.75) is 31.6 Å². The summed E-state index contributed by atoms with van der Waals surface area (Å²) in [6.45, 7) is 3.57. The molecule has 2 aromatic rings. The summed E-state index contributed by atoms with van der Waals surface area (Å²) < 4.78 is 16.6. The second-order valence-corrected chi connectivity index (χ2v) is 7.79. The van der Waals surface area contributed by atoms with Gasteiger partial charge in [0, 0.05) is 37.8 Å². The number of fused-ring (bicyclic) bond motifs is 1. The van der Waals surface area contributed by atoms with Gasteiger partial charge in [-0.25, -0.2) is 0 Å². The number of nitrogens with one attached hydrogen (secondary N) is 2. The van der Waals surface area contributed by atoms with Crippen molar-refractivity contribution >= 4 is 17.5 Å². The van der Waals surface area contributed by atoms with Gasteiger partial charge in [-0.2, -0.15) is 0 Å². The summed E-state index contributed by atoms with van der Waals surface area (Å²) in [7, 11) is 0. The molecule has 0 radical (unpaired) electrons. The van der Waals surface area contributed by atoms with Gasteiger partial charge in [0.05, 0.1) is 6.42 Å². The van der Waals surface area contributed by atoms with Crippen LogP contribution in [0.5, 0.6) is 11.5 Å². The fraction of sp³-hybridized carbons (Fsp3) is 0.391. The summed E-state index contributed by atoms with van der Waals surface area (Å²) in [5.74, 6) is 1.36. The lowest BCUT2D eigenvalue weighted by Crippen LogP contribution is -2.45. The zero-order valence-corrected chi connectivity index (χ0v) is 17.0. The maximum atomic E-state index is 12.6. The van der Waals surface area contributed by atoms with Crippen LogP contribution in [0.15, 0.2) is 42.5 Å². The quantitative estimate of drug-likeness (QED) is 0.765. The van der Waals surface area contributed by atoms with Crippen LogP contribution in [0.3, 0.4) is 0 Å². The maximum absolute atomic E-state index is 12.6. The van der Waals surface area contributed by atoms with Crippen molar-refractivity contribution in [3.8, 4) is 11.5 Å². The number of rotatable bonds is 6. The van der Waals surface area contributed by atoms with Crippen LogP contribution in [0, 0.1) is 0 Å². The van der Waals surface area contributed by atoms with E-state index in [-0.39, 0.29) is 30.4 Å². The molecule has 0 saturated carbocycles. The largest absolute Gasteiger partial charge is 0.454 e. The fourth-order valence-corrected chi connectivity index (χ4v) is 3.98. The molecule has 0 bridgehead atoms. The monoisotopic (exact) mass is 410 g/mol. The predicted octanol–water partition coefficient (Wildman–Crippen LogP) is 2.78. The summed E-state index contributed by atoms with van der Waals surface area (Å²) in [5, 5.41) is 5.84. The smallest absolute Gasteiger partial charge is 0.231 e. The zero-order valence-electron chi connectivity index (χ0n) is 17.0. The van der Waals surface area contributed by atoms with Gasteiger partial charge in [-0.05, 0) is 48.2 Å². The van der Waals surface area contributed by atoms with Crippen molar-refractivity contribution < 1.29 is 23.8 Å². The van der Waals surface area contributed by atoms with E-state index in [1.807, 2.05) is 24.3 Å². The standard InChI is InChI=1S/C23H26N2O5/c1-16(26)25-19-5-2-17(3-6-19)12-22(27)24-14-23(8-10-28-11-9-23)18-4-7-20-21(13-18)30-15-29-20/h2-7,13H,8-12,14-15H2,1H3,(H,24,27)(H,25,26). The SMILES string of the molecule is CC(=O)Nc1ccc(CC(=O)NCC2(c3ccc4c(c3)OCO4)CCOCC2)cc1. The number of carbonyl (C=O) groups is 2. The molecule has 2 aliphatic heterocycles. The van der Waals surface area contributed by atoms with E-state index in [0.717, 1.165) is 41.2 Å². The topological polar surface area (TPSA) is 85.9 Å². The van der Waals surface area contributed by atoms with Crippen molar-refractivity contribution in [3.63, 3.8) is 0 Å². The molecule has 2 aromatic carbocycles. The molecule has 30 heavy (non-hydrogen) atoms. The Hall–Kier alpha value is -3.06. The van der Waals surface area contributed by atoms with Crippen LogP contribution < -0.4 is 20.1 Å². The van der Waals surface area contributed by atoms with Gasteiger partial charge in [0.25, 0.3) is 0 Å². The van der Waals surface area contributed by atoms with Gasteiger partial charge in [0.15, 0.2) is 11.5 Å². The number of amides is 2. The molecule has 1 fully saturated rings. The van der Waals surface area contributed by atoms with Crippen molar-refractivity contribution in [1.82, 2.24) is 5.32 Å². The Morgan fingerprint density at radius 2 is 1.73 bits per heavy atom. The Kier molecular flexibility index (Phi) is 5.90. The van der Waals surface area contributed by atoms with Gasteiger partial charge in [0.2, 0.25) is 18.6 Å². The van der Waals surface area contributed by atoms with Gasteiger partial charge < -0.3 is 24.8 Å². The normalized spacial score (nSPS) is 16.7. The summed E-state index contributed by atoms with van der Waals surface area (Å²) in [4.78, 5) is 23.7. The lowest BCUT2D eigenvalue weighted by molar-refractivity contribution is -0.121. The molecule has 2 N–H and O–H groups in total. The first-order chi connectivity index (χ1) is 14.5. The van der Waals surface area contributed by atoms with Crippen LogP contribution in [-0.2, 0) is 26.2 Å². The van der Waals surface area contributed by atoms with Gasteiger partial charge in [-0.1, -0.05) is 18.2 Å². The van der Waals surface area contributed by atoms with Crippen molar-refractivity contribution in [1.29, 1.82) is 0 Å². The number of ether oxygens (including phenoxy) is 3. The van der Waals surface area contributed by atoms with Gasteiger partial charge >= 0.3 is 0 Å². The highest BCUT2D eigenvalue weighted by Gasteiger charge is 2.36. The van der Waals surface area contributed by atoms with E-state index in [0.29, 0.717) is 19.8 Å². The molecule has 158 valence electrons. The molecule has 2 heterocycles. The highest BCUT2D eigenvalue weighted by atomic mass is 16.7. The minimum absolute atomic E-state index is 0.0334. The first-order valence-electron chi connectivity index (χ1n) is 10.2. The predicted molar refractivity (Wildman–Crippen MR) is 112 cm³/mol. The molecule has 7 heteroatoms. The molecule has 0 aromatic heterocycles. The molecule has 7 nitrogen and oxygen atoms in total. The third-order valence-corrected chi connectivity index (χ3v) is 5.70. The summed E-state index contributed by atoms with van der Waals surface area (Å²) in [6, 6.07) is 13.3. The van der Waals surface area contributed by atoms with E-state index in [9.17, 15) is 9.59 Å². The molecular formula is C23H26N2O5. The number of benzene rings is 2. The first kappa shape index (κ1) is 20.2. The van der Waals surface area contributed by atoms with Crippen molar-refractivity contribution in [2.75, 3.05) is 31.9 Å². The molecule has 1 saturated heterocycles. The van der Waals surface area contributed by atoms with E-state index in [2.05, 4.69) is 16.7 Å². The Morgan fingerprint density at radius 3 is 2.47 bits per heavy atom. The molecule has 2 amide bonds.